The van der Waals surface area contributed by atoms with Crippen molar-refractivity contribution in [2.24, 2.45) is 11.3 Å². The number of piperidine rings is 1. The molecule has 4 heteroatoms. The van der Waals surface area contributed by atoms with E-state index in [9.17, 15) is 14.7 Å². The molecule has 102 valence electrons. The number of nitrogens with zero attached hydrogens (tertiary/aromatic N) is 1. The summed E-state index contributed by atoms with van der Waals surface area (Å²) in [7, 11) is 0. The quantitative estimate of drug-likeness (QED) is 0.722. The van der Waals surface area contributed by atoms with E-state index in [1.54, 1.807) is 4.90 Å². The molecule has 0 aromatic heterocycles. The van der Waals surface area contributed by atoms with Crippen molar-refractivity contribution in [3.05, 3.63) is 0 Å². The van der Waals surface area contributed by atoms with Gasteiger partial charge in [-0.3, -0.25) is 4.79 Å². The molecule has 18 heavy (non-hydrogen) atoms. The number of ketones is 1. The molecule has 1 unspecified atom stereocenters. The number of carbonyl (C=O) groups excluding carboxylic acids is 1. The highest BCUT2D eigenvalue weighted by Gasteiger charge is 2.46. The van der Waals surface area contributed by atoms with Gasteiger partial charge in [-0.1, -0.05) is 20.8 Å². The molecule has 1 saturated heterocycles. The van der Waals surface area contributed by atoms with Crippen LogP contribution < -0.4 is 0 Å². The van der Waals surface area contributed by atoms with Crippen molar-refractivity contribution in [3.8, 4) is 0 Å². The third-order valence-corrected chi connectivity index (χ3v) is 4.48. The zero-order valence-corrected chi connectivity index (χ0v) is 11.5. The highest BCUT2D eigenvalue weighted by molar-refractivity contribution is 5.80. The van der Waals surface area contributed by atoms with Crippen LogP contribution in [0, 0.1) is 11.3 Å². The summed E-state index contributed by atoms with van der Waals surface area (Å²) in [5.74, 6) is 0.553. The van der Waals surface area contributed by atoms with E-state index in [4.69, 9.17) is 0 Å². The number of carbonyl (C=O) groups is 2. The lowest BCUT2D eigenvalue weighted by molar-refractivity contribution is -0.125. The van der Waals surface area contributed by atoms with Crippen molar-refractivity contribution in [3.63, 3.8) is 0 Å². The van der Waals surface area contributed by atoms with Gasteiger partial charge in [0.2, 0.25) is 0 Å². The summed E-state index contributed by atoms with van der Waals surface area (Å²) in [4.78, 5) is 24.7. The Morgan fingerprint density at radius 1 is 1.28 bits per heavy atom. The Balaban J connectivity index is 2.24. The number of likely N-dealkylation sites (tertiary alicyclic amines) is 1. The van der Waals surface area contributed by atoms with Gasteiger partial charge >= 0.3 is 6.09 Å². The summed E-state index contributed by atoms with van der Waals surface area (Å²) in [5.41, 5.74) is -0.0369. The molecule has 1 amide bonds. The van der Waals surface area contributed by atoms with Crippen molar-refractivity contribution in [2.75, 3.05) is 0 Å². The molecule has 3 atom stereocenters. The van der Waals surface area contributed by atoms with E-state index in [1.807, 2.05) is 0 Å². The molecule has 0 spiro atoms. The SMILES string of the molecule is CC(C)(C)[C@@H]1CC[C@@H]2CC(=O)CCC2N1C(=O)O. The van der Waals surface area contributed by atoms with E-state index < -0.39 is 6.09 Å². The lowest BCUT2D eigenvalue weighted by atomic mass is 9.71. The first-order chi connectivity index (χ1) is 8.30. The average Bonchev–Trinajstić information content (AvgIpc) is 2.25. The number of hydrogen-bond donors (Lipinski definition) is 1. The fraction of sp³-hybridized carbons (Fsp3) is 0.857. The van der Waals surface area contributed by atoms with Gasteiger partial charge in [0.05, 0.1) is 0 Å². The van der Waals surface area contributed by atoms with Gasteiger partial charge in [0, 0.05) is 24.9 Å². The fourth-order valence-electron chi connectivity index (χ4n) is 3.60. The highest BCUT2D eigenvalue weighted by atomic mass is 16.4. The van der Waals surface area contributed by atoms with Crippen LogP contribution in [-0.2, 0) is 4.79 Å². The molecule has 2 aliphatic rings. The topological polar surface area (TPSA) is 57.6 Å². The van der Waals surface area contributed by atoms with E-state index in [-0.39, 0.29) is 23.4 Å². The fourth-order valence-corrected chi connectivity index (χ4v) is 3.60. The van der Waals surface area contributed by atoms with Gasteiger partial charge in [0.15, 0.2) is 0 Å². The van der Waals surface area contributed by atoms with E-state index >= 15 is 0 Å². The van der Waals surface area contributed by atoms with Gasteiger partial charge in [-0.25, -0.2) is 4.79 Å². The van der Waals surface area contributed by atoms with Crippen LogP contribution in [0.5, 0.6) is 0 Å². The van der Waals surface area contributed by atoms with E-state index in [0.29, 0.717) is 25.0 Å². The molecule has 0 radical (unpaired) electrons. The predicted molar refractivity (Wildman–Crippen MR) is 68.5 cm³/mol. The average molecular weight is 253 g/mol. The van der Waals surface area contributed by atoms with Crippen LogP contribution in [0.4, 0.5) is 4.79 Å². The Kier molecular flexibility index (Phi) is 3.39. The molecule has 0 aromatic carbocycles. The van der Waals surface area contributed by atoms with Crippen LogP contribution >= 0.6 is 0 Å². The van der Waals surface area contributed by atoms with Gasteiger partial charge < -0.3 is 10.0 Å². The summed E-state index contributed by atoms with van der Waals surface area (Å²) >= 11 is 0. The summed E-state index contributed by atoms with van der Waals surface area (Å²) in [6.07, 6.45) is 2.88. The van der Waals surface area contributed by atoms with Crippen LogP contribution in [0.3, 0.4) is 0 Å². The lowest BCUT2D eigenvalue weighted by Gasteiger charge is -2.51. The van der Waals surface area contributed by atoms with Crippen LogP contribution in [0.2, 0.25) is 0 Å². The van der Waals surface area contributed by atoms with Crippen molar-refractivity contribution in [1.82, 2.24) is 4.90 Å². The van der Waals surface area contributed by atoms with Crippen LogP contribution in [-0.4, -0.2) is 34.0 Å². The third-order valence-electron chi connectivity index (χ3n) is 4.48. The second-order valence-corrected chi connectivity index (χ2v) is 6.76. The molecule has 2 rings (SSSR count). The molecule has 1 heterocycles. The minimum Gasteiger partial charge on any atom is -0.465 e. The first-order valence-corrected chi connectivity index (χ1v) is 6.83. The van der Waals surface area contributed by atoms with Crippen molar-refractivity contribution >= 4 is 11.9 Å². The van der Waals surface area contributed by atoms with Crippen LogP contribution in [0.1, 0.15) is 52.9 Å². The maximum Gasteiger partial charge on any atom is 0.407 e. The molecule has 1 N–H and O–H groups in total. The van der Waals surface area contributed by atoms with E-state index in [2.05, 4.69) is 20.8 Å². The summed E-state index contributed by atoms with van der Waals surface area (Å²) in [6, 6.07) is 0.127. The van der Waals surface area contributed by atoms with Gasteiger partial charge in [0.25, 0.3) is 0 Å². The molecular weight excluding hydrogens is 230 g/mol. The molecular formula is C14H23NO3. The minimum atomic E-state index is -0.820. The number of Topliss-reactive ketones (excluding diaryl/α,β-unsaturated/α-hetero) is 1. The second-order valence-electron chi connectivity index (χ2n) is 6.76. The number of hydrogen-bond acceptors (Lipinski definition) is 2. The highest BCUT2D eigenvalue weighted by Crippen LogP contribution is 2.41. The second kappa shape index (κ2) is 4.56. The Labute approximate surface area is 108 Å². The Morgan fingerprint density at radius 2 is 1.94 bits per heavy atom. The Bertz CT molecular complexity index is 359. The molecule has 2 fully saturated rings. The van der Waals surface area contributed by atoms with Gasteiger partial charge in [-0.05, 0) is 30.6 Å². The Hall–Kier alpha value is -1.06. The van der Waals surface area contributed by atoms with Crippen molar-refractivity contribution in [1.29, 1.82) is 0 Å². The lowest BCUT2D eigenvalue weighted by Crippen LogP contribution is -2.58. The summed E-state index contributed by atoms with van der Waals surface area (Å²) in [5, 5.41) is 9.52. The number of amides is 1. The number of fused-ring (bicyclic) bond motifs is 1. The van der Waals surface area contributed by atoms with E-state index in [0.717, 1.165) is 12.8 Å². The van der Waals surface area contributed by atoms with Crippen molar-refractivity contribution < 1.29 is 14.7 Å². The normalized spacial score (nSPS) is 33.2. The summed E-state index contributed by atoms with van der Waals surface area (Å²) in [6.45, 7) is 6.30. The van der Waals surface area contributed by atoms with Crippen LogP contribution in [0.25, 0.3) is 0 Å². The number of carboxylic acid groups (broad SMARTS) is 1. The minimum absolute atomic E-state index is 0.0369. The molecule has 1 saturated carbocycles. The number of rotatable bonds is 0. The standard InChI is InChI=1S/C14H23NO3/c1-14(2,3)12-7-4-9-8-10(16)5-6-11(9)15(12)13(17)18/h9,11-12H,4-8H2,1-3H3,(H,17,18)/t9-,11?,12+/m1/s1. The molecule has 0 aromatic rings. The monoisotopic (exact) mass is 253 g/mol. The first kappa shape index (κ1) is 13.4. The van der Waals surface area contributed by atoms with Crippen LogP contribution in [0.15, 0.2) is 0 Å². The maximum absolute atomic E-state index is 11.6. The molecule has 4 nitrogen and oxygen atoms in total. The first-order valence-electron chi connectivity index (χ1n) is 6.83. The van der Waals surface area contributed by atoms with Crippen molar-refractivity contribution in [2.45, 2.75) is 65.0 Å². The summed E-state index contributed by atoms with van der Waals surface area (Å²) < 4.78 is 0. The van der Waals surface area contributed by atoms with Gasteiger partial charge in [0.1, 0.15) is 5.78 Å². The molecule has 1 aliphatic heterocycles. The molecule has 0 bridgehead atoms. The van der Waals surface area contributed by atoms with Gasteiger partial charge in [-0.2, -0.15) is 0 Å². The predicted octanol–water partition coefficient (Wildman–Crippen LogP) is 2.91. The smallest absolute Gasteiger partial charge is 0.407 e. The zero-order valence-electron chi connectivity index (χ0n) is 11.5. The zero-order chi connectivity index (χ0) is 13.5. The third kappa shape index (κ3) is 2.38. The van der Waals surface area contributed by atoms with Gasteiger partial charge in [-0.15, -0.1) is 0 Å². The molecule has 1 aliphatic carbocycles. The maximum atomic E-state index is 11.6. The Morgan fingerprint density at radius 3 is 2.50 bits per heavy atom. The van der Waals surface area contributed by atoms with E-state index in [1.165, 1.54) is 0 Å². The largest absolute Gasteiger partial charge is 0.465 e.